The molecular weight excluding hydrogens is 323 g/mol. The highest BCUT2D eigenvalue weighted by atomic mass is 19.1. The van der Waals surface area contributed by atoms with E-state index in [0.717, 1.165) is 25.1 Å². The van der Waals surface area contributed by atoms with Gasteiger partial charge in [0.15, 0.2) is 0 Å². The van der Waals surface area contributed by atoms with E-state index in [-0.39, 0.29) is 11.9 Å². The van der Waals surface area contributed by atoms with Crippen molar-refractivity contribution < 1.29 is 13.9 Å². The monoisotopic (exact) mass is 342 g/mol. The van der Waals surface area contributed by atoms with Crippen molar-refractivity contribution in [1.29, 1.82) is 0 Å². The Balaban J connectivity index is 1.45. The van der Waals surface area contributed by atoms with Crippen LogP contribution in [-0.2, 0) is 11.3 Å². The van der Waals surface area contributed by atoms with Crippen LogP contribution in [0.2, 0.25) is 0 Å². The zero-order chi connectivity index (χ0) is 17.1. The molecule has 0 bridgehead atoms. The zero-order valence-corrected chi connectivity index (χ0v) is 13.7. The number of aromatic nitrogens is 3. The molecule has 0 unspecified atom stereocenters. The van der Waals surface area contributed by atoms with Crippen LogP contribution in [0.5, 0.6) is 5.75 Å². The van der Waals surface area contributed by atoms with Crippen molar-refractivity contribution in [3.63, 3.8) is 0 Å². The predicted octanol–water partition coefficient (Wildman–Crippen LogP) is 3.04. The fourth-order valence-electron chi connectivity index (χ4n) is 2.88. The summed E-state index contributed by atoms with van der Waals surface area (Å²) in [4.78, 5) is 8.61. The molecule has 0 aliphatic carbocycles. The van der Waals surface area contributed by atoms with Gasteiger partial charge in [0.25, 0.3) is 0 Å². The number of hydrogen-bond acceptors (Lipinski definition) is 5. The summed E-state index contributed by atoms with van der Waals surface area (Å²) in [6.45, 7) is 1.70. The van der Waals surface area contributed by atoms with Crippen LogP contribution in [0.25, 0.3) is 5.78 Å². The number of anilines is 1. The maximum atomic E-state index is 13.6. The molecule has 4 rings (SSSR count). The molecule has 1 aliphatic rings. The Morgan fingerprint density at radius 3 is 3.20 bits per heavy atom. The summed E-state index contributed by atoms with van der Waals surface area (Å²) in [5.74, 6) is 0.927. The Bertz CT molecular complexity index is 828. The lowest BCUT2D eigenvalue weighted by Crippen LogP contribution is -2.17. The van der Waals surface area contributed by atoms with Crippen LogP contribution in [0.15, 0.2) is 42.9 Å². The lowest BCUT2D eigenvalue weighted by Gasteiger charge is -2.15. The Morgan fingerprint density at radius 1 is 1.40 bits per heavy atom. The second-order valence-electron chi connectivity index (χ2n) is 6.00. The number of rotatable bonds is 6. The minimum Gasteiger partial charge on any atom is -0.489 e. The molecule has 3 aromatic rings. The zero-order valence-electron chi connectivity index (χ0n) is 13.7. The molecule has 3 heterocycles. The van der Waals surface area contributed by atoms with E-state index in [1.165, 1.54) is 12.1 Å². The maximum absolute atomic E-state index is 13.6. The van der Waals surface area contributed by atoms with E-state index in [2.05, 4.69) is 15.3 Å². The van der Waals surface area contributed by atoms with Gasteiger partial charge in [0.05, 0.1) is 24.0 Å². The van der Waals surface area contributed by atoms with Crippen molar-refractivity contribution in [2.45, 2.75) is 25.5 Å². The molecule has 1 N–H and O–H groups in total. The van der Waals surface area contributed by atoms with Crippen molar-refractivity contribution in [3.8, 4) is 5.75 Å². The molecule has 1 fully saturated rings. The third-order valence-electron chi connectivity index (χ3n) is 4.14. The molecular formula is C18H19FN4O2. The average Bonchev–Trinajstić information content (AvgIpc) is 3.28. The molecule has 1 saturated heterocycles. The number of fused-ring (bicyclic) bond motifs is 1. The number of halogens is 1. The van der Waals surface area contributed by atoms with Gasteiger partial charge in [0, 0.05) is 31.3 Å². The van der Waals surface area contributed by atoms with E-state index in [1.54, 1.807) is 12.3 Å². The van der Waals surface area contributed by atoms with Crippen LogP contribution in [0.3, 0.4) is 0 Å². The van der Waals surface area contributed by atoms with Crippen LogP contribution in [0, 0.1) is 5.82 Å². The average molecular weight is 342 g/mol. The van der Waals surface area contributed by atoms with Crippen LogP contribution < -0.4 is 10.1 Å². The SMILES string of the molecule is Fc1ccc(OC[C@H]2CCCO2)c(NCc2cn3cccnc3n2)c1. The highest BCUT2D eigenvalue weighted by molar-refractivity contribution is 5.56. The van der Waals surface area contributed by atoms with Gasteiger partial charge >= 0.3 is 0 Å². The molecule has 0 spiro atoms. The molecule has 1 atom stereocenters. The maximum Gasteiger partial charge on any atom is 0.233 e. The van der Waals surface area contributed by atoms with Crippen molar-refractivity contribution in [3.05, 3.63) is 54.4 Å². The van der Waals surface area contributed by atoms with Gasteiger partial charge in [-0.25, -0.2) is 14.4 Å². The van der Waals surface area contributed by atoms with Crippen molar-refractivity contribution >= 4 is 11.5 Å². The third-order valence-corrected chi connectivity index (χ3v) is 4.14. The van der Waals surface area contributed by atoms with Gasteiger partial charge in [-0.05, 0) is 31.0 Å². The summed E-state index contributed by atoms with van der Waals surface area (Å²) in [5, 5.41) is 3.20. The number of benzene rings is 1. The second-order valence-corrected chi connectivity index (χ2v) is 6.00. The quantitative estimate of drug-likeness (QED) is 0.746. The first-order chi connectivity index (χ1) is 12.3. The smallest absolute Gasteiger partial charge is 0.233 e. The summed E-state index contributed by atoms with van der Waals surface area (Å²) in [7, 11) is 0. The number of nitrogens with zero attached hydrogens (tertiary/aromatic N) is 3. The molecule has 7 heteroatoms. The lowest BCUT2D eigenvalue weighted by molar-refractivity contribution is 0.0682. The summed E-state index contributed by atoms with van der Waals surface area (Å²) in [6, 6.07) is 6.30. The Labute approximate surface area is 144 Å². The summed E-state index contributed by atoms with van der Waals surface area (Å²) >= 11 is 0. The van der Waals surface area contributed by atoms with E-state index in [0.29, 0.717) is 30.4 Å². The highest BCUT2D eigenvalue weighted by Crippen LogP contribution is 2.27. The minimum absolute atomic E-state index is 0.113. The van der Waals surface area contributed by atoms with Crippen LogP contribution in [0.4, 0.5) is 10.1 Å². The van der Waals surface area contributed by atoms with Crippen molar-refractivity contribution in [2.75, 3.05) is 18.5 Å². The van der Waals surface area contributed by atoms with E-state index >= 15 is 0 Å². The van der Waals surface area contributed by atoms with Gasteiger partial charge in [-0.2, -0.15) is 0 Å². The van der Waals surface area contributed by atoms with Crippen LogP contribution in [-0.4, -0.2) is 33.7 Å². The van der Waals surface area contributed by atoms with Gasteiger partial charge in [-0.3, -0.25) is 4.40 Å². The fourth-order valence-corrected chi connectivity index (χ4v) is 2.88. The molecule has 0 saturated carbocycles. The van der Waals surface area contributed by atoms with Crippen LogP contribution >= 0.6 is 0 Å². The summed E-state index contributed by atoms with van der Waals surface area (Å²) < 4.78 is 26.9. The largest absolute Gasteiger partial charge is 0.489 e. The van der Waals surface area contributed by atoms with E-state index in [4.69, 9.17) is 9.47 Å². The fraction of sp³-hybridized carbons (Fsp3) is 0.333. The van der Waals surface area contributed by atoms with Crippen molar-refractivity contribution in [2.24, 2.45) is 0 Å². The highest BCUT2D eigenvalue weighted by Gasteiger charge is 2.17. The van der Waals surface area contributed by atoms with E-state index in [1.807, 2.05) is 22.9 Å². The molecule has 6 nitrogen and oxygen atoms in total. The van der Waals surface area contributed by atoms with Gasteiger partial charge < -0.3 is 14.8 Å². The second kappa shape index (κ2) is 7.06. The predicted molar refractivity (Wildman–Crippen MR) is 91.2 cm³/mol. The van der Waals surface area contributed by atoms with E-state index in [9.17, 15) is 4.39 Å². The normalized spacial score (nSPS) is 17.1. The topological polar surface area (TPSA) is 60.7 Å². The van der Waals surface area contributed by atoms with Gasteiger partial charge in [-0.15, -0.1) is 0 Å². The minimum atomic E-state index is -0.316. The summed E-state index contributed by atoms with van der Waals surface area (Å²) in [5.41, 5.74) is 1.41. The molecule has 1 aliphatic heterocycles. The Kier molecular flexibility index (Phi) is 4.47. The first kappa shape index (κ1) is 15.8. The number of hydrogen-bond donors (Lipinski definition) is 1. The number of imidazole rings is 1. The Hall–Kier alpha value is -2.67. The number of nitrogens with one attached hydrogen (secondary N) is 1. The molecule has 2 aromatic heterocycles. The first-order valence-corrected chi connectivity index (χ1v) is 8.34. The molecule has 0 amide bonds. The lowest BCUT2D eigenvalue weighted by atomic mass is 10.2. The number of ether oxygens (including phenoxy) is 2. The van der Waals surface area contributed by atoms with Gasteiger partial charge in [-0.1, -0.05) is 0 Å². The van der Waals surface area contributed by atoms with Gasteiger partial charge in [0.1, 0.15) is 18.2 Å². The van der Waals surface area contributed by atoms with Gasteiger partial charge in [0.2, 0.25) is 5.78 Å². The van der Waals surface area contributed by atoms with Crippen LogP contribution in [0.1, 0.15) is 18.5 Å². The van der Waals surface area contributed by atoms with E-state index < -0.39 is 0 Å². The third kappa shape index (κ3) is 3.71. The molecule has 1 aromatic carbocycles. The first-order valence-electron chi connectivity index (χ1n) is 8.34. The Morgan fingerprint density at radius 2 is 2.36 bits per heavy atom. The molecule has 0 radical (unpaired) electrons. The molecule has 130 valence electrons. The standard InChI is InChI=1S/C18H19FN4O2/c19-13-4-5-17(25-12-15-3-1-8-24-15)16(9-13)21-10-14-11-23-7-2-6-20-18(23)22-14/h2,4-7,9,11,15,21H,1,3,8,10,12H2/t15-/m1/s1. The van der Waals surface area contributed by atoms with Crippen molar-refractivity contribution in [1.82, 2.24) is 14.4 Å². The summed E-state index contributed by atoms with van der Waals surface area (Å²) in [6.07, 6.45) is 7.65. The molecule has 25 heavy (non-hydrogen) atoms.